The zero-order valence-electron chi connectivity index (χ0n) is 22.7. The van der Waals surface area contributed by atoms with Gasteiger partial charge in [-0.1, -0.05) is 13.8 Å². The second-order valence-electron chi connectivity index (χ2n) is 10.5. The Morgan fingerprint density at radius 1 is 1.13 bits per heavy atom. The van der Waals surface area contributed by atoms with Gasteiger partial charge in [0, 0.05) is 42.6 Å². The first kappa shape index (κ1) is 28.8. The van der Waals surface area contributed by atoms with Gasteiger partial charge < -0.3 is 25.8 Å². The molecule has 0 saturated heterocycles. The maximum atomic E-state index is 14.1. The number of pyridine rings is 2. The Bertz CT molecular complexity index is 1270. The van der Waals surface area contributed by atoms with Gasteiger partial charge in [0.2, 0.25) is 0 Å². The third kappa shape index (κ3) is 7.64. The van der Waals surface area contributed by atoms with Crippen LogP contribution in [0.1, 0.15) is 57.5 Å². The minimum Gasteiger partial charge on any atom is -0.449 e. The molecule has 38 heavy (non-hydrogen) atoms. The third-order valence-corrected chi connectivity index (χ3v) is 5.60. The molecule has 0 aliphatic rings. The number of amides is 2. The van der Waals surface area contributed by atoms with Gasteiger partial charge in [-0.2, -0.15) is 0 Å². The van der Waals surface area contributed by atoms with Crippen LogP contribution >= 0.6 is 0 Å². The highest BCUT2D eigenvalue weighted by molar-refractivity contribution is 5.99. The molecular weight excluding hydrogens is 491 g/mol. The molecule has 3 heterocycles. The van der Waals surface area contributed by atoms with Crippen LogP contribution in [0.15, 0.2) is 36.8 Å². The van der Waals surface area contributed by atoms with E-state index in [1.807, 2.05) is 46.0 Å². The molecule has 206 valence electrons. The molecule has 3 aromatic heterocycles. The molecule has 2 amide bonds. The molecule has 0 aliphatic carbocycles. The quantitative estimate of drug-likeness (QED) is 0.296. The molecule has 0 radical (unpaired) electrons. The predicted octanol–water partition coefficient (Wildman–Crippen LogP) is 3.96. The first-order chi connectivity index (χ1) is 17.8. The average molecular weight is 529 g/mol. The number of alkyl halides is 1. The van der Waals surface area contributed by atoms with Crippen LogP contribution in [-0.4, -0.2) is 62.6 Å². The van der Waals surface area contributed by atoms with Gasteiger partial charge in [0.25, 0.3) is 5.91 Å². The molecule has 3 rings (SSSR count). The van der Waals surface area contributed by atoms with Crippen LogP contribution in [0.4, 0.5) is 14.9 Å². The number of nitrogens with one attached hydrogen (secondary N) is 3. The summed E-state index contributed by atoms with van der Waals surface area (Å²) in [5.41, 5.74) is 0.693. The number of aromatic nitrogens is 3. The zero-order chi connectivity index (χ0) is 28.0. The van der Waals surface area contributed by atoms with E-state index in [-0.39, 0.29) is 30.6 Å². The van der Waals surface area contributed by atoms with Crippen molar-refractivity contribution in [3.8, 4) is 5.82 Å². The standard InChI is InChI=1S/C27H37FN6O4/c1-16(2)15-38-26(36)32-12-18-9-19-7-8-34(24(19)30-11-18)23-10-21(33-17(3)4)20(13-29-23)25(35)31-14-22(28)27(5,6)37/h7-11,13,16-17,22,37H,12,14-15H2,1-6H3,(H,29,33)(H,31,35)(H,32,36). The summed E-state index contributed by atoms with van der Waals surface area (Å²) in [6.45, 7) is 10.8. The second-order valence-corrected chi connectivity index (χ2v) is 10.5. The largest absolute Gasteiger partial charge is 0.449 e. The number of ether oxygens (including phenoxy) is 1. The van der Waals surface area contributed by atoms with Gasteiger partial charge in [0.15, 0.2) is 0 Å². The minimum absolute atomic E-state index is 0.0175. The molecule has 0 aliphatic heterocycles. The second kappa shape index (κ2) is 12.2. The van der Waals surface area contributed by atoms with Crippen molar-refractivity contribution in [1.82, 2.24) is 25.2 Å². The van der Waals surface area contributed by atoms with E-state index in [1.165, 1.54) is 20.0 Å². The summed E-state index contributed by atoms with van der Waals surface area (Å²) < 4.78 is 21.1. The fourth-order valence-electron chi connectivity index (χ4n) is 3.53. The number of aliphatic hydroxyl groups is 1. The number of carbonyl (C=O) groups excluding carboxylic acids is 2. The van der Waals surface area contributed by atoms with Crippen molar-refractivity contribution < 1.29 is 23.8 Å². The predicted molar refractivity (Wildman–Crippen MR) is 144 cm³/mol. The maximum absolute atomic E-state index is 14.1. The minimum atomic E-state index is -1.62. The summed E-state index contributed by atoms with van der Waals surface area (Å²) in [5.74, 6) is 0.293. The first-order valence-corrected chi connectivity index (χ1v) is 12.6. The number of fused-ring (bicyclic) bond motifs is 1. The van der Waals surface area contributed by atoms with Crippen LogP contribution in [-0.2, 0) is 11.3 Å². The molecule has 0 bridgehead atoms. The topological polar surface area (TPSA) is 130 Å². The van der Waals surface area contributed by atoms with Crippen molar-refractivity contribution in [3.05, 3.63) is 47.9 Å². The first-order valence-electron chi connectivity index (χ1n) is 12.6. The molecule has 1 unspecified atom stereocenters. The number of anilines is 1. The molecule has 0 saturated carbocycles. The smallest absolute Gasteiger partial charge is 0.407 e. The van der Waals surface area contributed by atoms with Gasteiger partial charge in [-0.15, -0.1) is 0 Å². The van der Waals surface area contributed by atoms with Crippen LogP contribution in [0.5, 0.6) is 0 Å². The molecule has 0 aromatic carbocycles. The molecule has 1 atom stereocenters. The highest BCUT2D eigenvalue weighted by Crippen LogP contribution is 2.24. The van der Waals surface area contributed by atoms with Gasteiger partial charge in [-0.3, -0.25) is 9.36 Å². The van der Waals surface area contributed by atoms with Crippen LogP contribution < -0.4 is 16.0 Å². The number of halogens is 1. The van der Waals surface area contributed by atoms with E-state index in [0.717, 1.165) is 10.9 Å². The van der Waals surface area contributed by atoms with E-state index in [0.29, 0.717) is 23.8 Å². The van der Waals surface area contributed by atoms with Gasteiger partial charge >= 0.3 is 6.09 Å². The van der Waals surface area contributed by atoms with Crippen LogP contribution in [0.25, 0.3) is 16.9 Å². The molecule has 10 nitrogen and oxygen atoms in total. The molecular formula is C27H37FN6O4. The Kier molecular flexibility index (Phi) is 9.26. The highest BCUT2D eigenvalue weighted by atomic mass is 19.1. The van der Waals surface area contributed by atoms with Crippen molar-refractivity contribution in [1.29, 1.82) is 0 Å². The molecule has 0 fully saturated rings. The van der Waals surface area contributed by atoms with Crippen molar-refractivity contribution >= 4 is 28.7 Å². The van der Waals surface area contributed by atoms with Crippen LogP contribution in [0.2, 0.25) is 0 Å². The monoisotopic (exact) mass is 528 g/mol. The number of carbonyl (C=O) groups is 2. The summed E-state index contributed by atoms with van der Waals surface area (Å²) in [5, 5.41) is 19.1. The maximum Gasteiger partial charge on any atom is 0.407 e. The lowest BCUT2D eigenvalue weighted by atomic mass is 10.0. The molecule has 3 aromatic rings. The summed E-state index contributed by atoms with van der Waals surface area (Å²) >= 11 is 0. The van der Waals surface area contributed by atoms with Gasteiger partial charge in [0.05, 0.1) is 30.0 Å². The Morgan fingerprint density at radius 3 is 2.53 bits per heavy atom. The van der Waals surface area contributed by atoms with E-state index >= 15 is 0 Å². The fraction of sp³-hybridized carbons (Fsp3) is 0.481. The summed E-state index contributed by atoms with van der Waals surface area (Å²) in [6, 6.07) is 5.56. The van der Waals surface area contributed by atoms with E-state index in [4.69, 9.17) is 4.74 Å². The third-order valence-electron chi connectivity index (χ3n) is 5.60. The normalized spacial score (nSPS) is 12.6. The lowest BCUT2D eigenvalue weighted by Crippen LogP contribution is -2.42. The van der Waals surface area contributed by atoms with Crippen LogP contribution in [0.3, 0.4) is 0 Å². The molecule has 4 N–H and O–H groups in total. The SMILES string of the molecule is CC(C)COC(=O)NCc1cnc2c(ccn2-c2cc(NC(C)C)c(C(=O)NCC(F)C(C)(C)O)cn2)c1. The Morgan fingerprint density at radius 2 is 1.87 bits per heavy atom. The molecule has 11 heteroatoms. The summed E-state index contributed by atoms with van der Waals surface area (Å²) in [7, 11) is 0. The van der Waals surface area contributed by atoms with E-state index in [1.54, 1.807) is 16.8 Å². The highest BCUT2D eigenvalue weighted by Gasteiger charge is 2.27. The average Bonchev–Trinajstić information content (AvgIpc) is 3.26. The van der Waals surface area contributed by atoms with E-state index < -0.39 is 23.8 Å². The zero-order valence-corrected chi connectivity index (χ0v) is 22.7. The number of hydrogen-bond acceptors (Lipinski definition) is 7. The van der Waals surface area contributed by atoms with Gasteiger partial charge in [-0.25, -0.2) is 19.2 Å². The van der Waals surface area contributed by atoms with Crippen molar-refractivity contribution in [3.63, 3.8) is 0 Å². The number of rotatable bonds is 11. The fourth-order valence-corrected chi connectivity index (χ4v) is 3.53. The Labute approximate surface area is 222 Å². The van der Waals surface area contributed by atoms with E-state index in [9.17, 15) is 19.1 Å². The Hall–Kier alpha value is -3.73. The summed E-state index contributed by atoms with van der Waals surface area (Å²) in [6.07, 6.45) is 2.83. The lowest BCUT2D eigenvalue weighted by Gasteiger charge is -2.23. The van der Waals surface area contributed by atoms with Crippen LogP contribution in [0, 0.1) is 5.92 Å². The Balaban J connectivity index is 1.80. The van der Waals surface area contributed by atoms with Crippen molar-refractivity contribution in [2.75, 3.05) is 18.5 Å². The number of alkyl carbamates (subject to hydrolysis) is 1. The van der Waals surface area contributed by atoms with Gasteiger partial charge in [-0.05, 0) is 51.3 Å². The molecule has 0 spiro atoms. The van der Waals surface area contributed by atoms with E-state index in [2.05, 4.69) is 25.9 Å². The van der Waals surface area contributed by atoms with Crippen molar-refractivity contribution in [2.24, 2.45) is 5.92 Å². The van der Waals surface area contributed by atoms with Crippen molar-refractivity contribution in [2.45, 2.75) is 65.9 Å². The lowest BCUT2D eigenvalue weighted by molar-refractivity contribution is -0.00177. The number of nitrogens with zero attached hydrogens (tertiary/aromatic N) is 3. The summed E-state index contributed by atoms with van der Waals surface area (Å²) in [4.78, 5) is 33.7. The van der Waals surface area contributed by atoms with Gasteiger partial charge in [0.1, 0.15) is 17.6 Å². The number of hydrogen-bond donors (Lipinski definition) is 4.